The summed E-state index contributed by atoms with van der Waals surface area (Å²) in [5.74, 6) is 0. The summed E-state index contributed by atoms with van der Waals surface area (Å²) in [4.78, 5) is 5.24. The second-order valence-corrected chi connectivity index (χ2v) is 10.6. The molecule has 0 bridgehead atoms. The highest BCUT2D eigenvalue weighted by atomic mass is 15.4. The van der Waals surface area contributed by atoms with Gasteiger partial charge in [0, 0.05) is 25.5 Å². The summed E-state index contributed by atoms with van der Waals surface area (Å²) in [5, 5.41) is 0. The molecule has 1 aliphatic rings. The number of benzene rings is 1. The molecule has 2 rings (SSSR count). The van der Waals surface area contributed by atoms with Crippen molar-refractivity contribution in [1.82, 2.24) is 9.80 Å². The first-order valence-corrected chi connectivity index (χ1v) is 15.1. The van der Waals surface area contributed by atoms with Crippen molar-refractivity contribution in [3.05, 3.63) is 48.3 Å². The van der Waals surface area contributed by atoms with Gasteiger partial charge in [0.05, 0.1) is 0 Å². The van der Waals surface area contributed by atoms with E-state index in [2.05, 4.69) is 66.4 Å². The quantitative estimate of drug-likeness (QED) is 0.156. The third kappa shape index (κ3) is 12.9. The Kier molecular flexibility index (Phi) is 16.8. The maximum atomic E-state index is 2.65. The minimum atomic E-state index is 0.554. The molecule has 194 valence electrons. The van der Waals surface area contributed by atoms with Crippen molar-refractivity contribution in [3.63, 3.8) is 0 Å². The predicted molar refractivity (Wildman–Crippen MR) is 151 cm³/mol. The van der Waals surface area contributed by atoms with Gasteiger partial charge in [0.15, 0.2) is 0 Å². The van der Waals surface area contributed by atoms with Crippen LogP contribution in [0.1, 0.15) is 141 Å². The Hall–Kier alpha value is -1.44. The van der Waals surface area contributed by atoms with Gasteiger partial charge in [-0.05, 0) is 24.8 Å². The van der Waals surface area contributed by atoms with Gasteiger partial charge in [0.2, 0.25) is 0 Å². The highest BCUT2D eigenvalue weighted by Gasteiger charge is 2.25. The van der Waals surface area contributed by atoms with E-state index >= 15 is 0 Å². The van der Waals surface area contributed by atoms with Gasteiger partial charge in [-0.15, -0.1) is 0 Å². The first kappa shape index (κ1) is 28.8. The van der Waals surface area contributed by atoms with E-state index in [1.165, 1.54) is 134 Å². The summed E-state index contributed by atoms with van der Waals surface area (Å²) in [6, 6.07) is 11.0. The first-order valence-electron chi connectivity index (χ1n) is 15.1. The predicted octanol–water partition coefficient (Wildman–Crippen LogP) is 10.1. The van der Waals surface area contributed by atoms with Crippen LogP contribution in [0.2, 0.25) is 0 Å². The van der Waals surface area contributed by atoms with E-state index < -0.39 is 0 Å². The molecule has 1 atom stereocenters. The lowest BCUT2D eigenvalue weighted by molar-refractivity contribution is 0.132. The molecule has 2 nitrogen and oxygen atoms in total. The minimum Gasteiger partial charge on any atom is -0.356 e. The van der Waals surface area contributed by atoms with Gasteiger partial charge in [-0.1, -0.05) is 147 Å². The molecule has 0 saturated heterocycles. The Labute approximate surface area is 213 Å². The fraction of sp³-hybridized carbons (Fsp3) is 0.750. The second-order valence-electron chi connectivity index (χ2n) is 10.6. The highest BCUT2D eigenvalue weighted by Crippen LogP contribution is 2.25. The molecule has 1 unspecified atom stereocenters. The smallest absolute Gasteiger partial charge is 0.101 e. The normalized spacial score (nSPS) is 15.5. The number of nitrogens with zero attached hydrogens (tertiary/aromatic N) is 2. The number of hydrogen-bond donors (Lipinski definition) is 0. The largest absolute Gasteiger partial charge is 0.356 e. The van der Waals surface area contributed by atoms with Crippen LogP contribution in [0.4, 0.5) is 0 Å². The SMILES string of the molecule is CCCCCCCCCCCC1N(CCCCCCCCCCC)C=CN1Cc1ccccc1. The topological polar surface area (TPSA) is 6.48 Å². The standard InChI is InChI=1S/C32H56N2/c1-3-5-7-9-11-13-15-17-22-26-32-33(27-23-18-16-14-12-10-8-6-4-2)28-29-34(32)30-31-24-20-19-21-25-31/h19-21,24-25,28-29,32H,3-18,22-23,26-27,30H2,1-2H3. The molecule has 0 fully saturated rings. The number of hydrogen-bond acceptors (Lipinski definition) is 2. The molecule has 1 aliphatic heterocycles. The van der Waals surface area contributed by atoms with Gasteiger partial charge >= 0.3 is 0 Å². The molecule has 0 aromatic heterocycles. The Bertz CT molecular complexity index is 596. The molecular weight excluding hydrogens is 412 g/mol. The van der Waals surface area contributed by atoms with Crippen LogP contribution in [0.3, 0.4) is 0 Å². The van der Waals surface area contributed by atoms with E-state index in [4.69, 9.17) is 0 Å². The van der Waals surface area contributed by atoms with Crippen molar-refractivity contribution in [2.75, 3.05) is 6.54 Å². The molecule has 0 amide bonds. The van der Waals surface area contributed by atoms with E-state index in [1.54, 1.807) is 0 Å². The molecule has 0 N–H and O–H groups in total. The summed E-state index contributed by atoms with van der Waals surface area (Å²) in [6.07, 6.45) is 32.0. The molecule has 0 radical (unpaired) electrons. The van der Waals surface area contributed by atoms with Crippen molar-refractivity contribution >= 4 is 0 Å². The Morgan fingerprint density at radius 1 is 0.529 bits per heavy atom. The van der Waals surface area contributed by atoms with Gasteiger partial charge in [-0.3, -0.25) is 0 Å². The summed E-state index contributed by atoms with van der Waals surface area (Å²) in [6.45, 7) is 6.86. The summed E-state index contributed by atoms with van der Waals surface area (Å²) >= 11 is 0. The monoisotopic (exact) mass is 468 g/mol. The van der Waals surface area contributed by atoms with Crippen LogP contribution >= 0.6 is 0 Å². The van der Waals surface area contributed by atoms with Crippen LogP contribution in [0.15, 0.2) is 42.7 Å². The second kappa shape index (κ2) is 19.8. The van der Waals surface area contributed by atoms with Gasteiger partial charge in [0.1, 0.15) is 6.17 Å². The third-order valence-electron chi connectivity index (χ3n) is 7.51. The van der Waals surface area contributed by atoms with Crippen molar-refractivity contribution in [2.45, 2.75) is 149 Å². The molecule has 34 heavy (non-hydrogen) atoms. The van der Waals surface area contributed by atoms with Crippen LogP contribution in [0.5, 0.6) is 0 Å². The lowest BCUT2D eigenvalue weighted by Gasteiger charge is -2.33. The van der Waals surface area contributed by atoms with E-state index in [0.717, 1.165) is 6.54 Å². The van der Waals surface area contributed by atoms with Gasteiger partial charge in [-0.25, -0.2) is 0 Å². The van der Waals surface area contributed by atoms with Crippen LogP contribution < -0.4 is 0 Å². The molecule has 0 saturated carbocycles. The first-order chi connectivity index (χ1) is 16.8. The average Bonchev–Trinajstić information content (AvgIpc) is 3.23. The van der Waals surface area contributed by atoms with Gasteiger partial charge in [-0.2, -0.15) is 0 Å². The fourth-order valence-electron chi connectivity index (χ4n) is 5.31. The molecule has 1 heterocycles. The maximum Gasteiger partial charge on any atom is 0.101 e. The minimum absolute atomic E-state index is 0.554. The number of rotatable bonds is 22. The van der Waals surface area contributed by atoms with E-state index in [0.29, 0.717) is 6.17 Å². The molecule has 0 aliphatic carbocycles. The van der Waals surface area contributed by atoms with E-state index in [1.807, 2.05) is 0 Å². The third-order valence-corrected chi connectivity index (χ3v) is 7.51. The summed E-state index contributed by atoms with van der Waals surface area (Å²) in [7, 11) is 0. The van der Waals surface area contributed by atoms with Crippen molar-refractivity contribution in [3.8, 4) is 0 Å². The van der Waals surface area contributed by atoms with E-state index in [9.17, 15) is 0 Å². The van der Waals surface area contributed by atoms with Gasteiger partial charge in [0.25, 0.3) is 0 Å². The zero-order valence-electron chi connectivity index (χ0n) is 22.9. The molecule has 1 aromatic rings. The van der Waals surface area contributed by atoms with E-state index in [-0.39, 0.29) is 0 Å². The lowest BCUT2D eigenvalue weighted by atomic mass is 10.0. The van der Waals surface area contributed by atoms with Crippen LogP contribution in [-0.4, -0.2) is 22.5 Å². The Morgan fingerprint density at radius 3 is 1.56 bits per heavy atom. The van der Waals surface area contributed by atoms with Crippen molar-refractivity contribution in [1.29, 1.82) is 0 Å². The van der Waals surface area contributed by atoms with Crippen molar-refractivity contribution < 1.29 is 0 Å². The zero-order chi connectivity index (χ0) is 24.1. The molecule has 0 spiro atoms. The Balaban J connectivity index is 1.67. The van der Waals surface area contributed by atoms with Crippen LogP contribution in [-0.2, 0) is 6.54 Å². The maximum absolute atomic E-state index is 2.65. The zero-order valence-corrected chi connectivity index (χ0v) is 22.9. The Morgan fingerprint density at radius 2 is 1.00 bits per heavy atom. The lowest BCUT2D eigenvalue weighted by Crippen LogP contribution is -2.38. The molecule has 2 heteroatoms. The number of unbranched alkanes of at least 4 members (excludes halogenated alkanes) is 16. The molecular formula is C32H56N2. The molecule has 1 aromatic carbocycles. The van der Waals surface area contributed by atoms with Crippen LogP contribution in [0, 0.1) is 0 Å². The highest BCUT2D eigenvalue weighted by molar-refractivity contribution is 5.15. The summed E-state index contributed by atoms with van der Waals surface area (Å²) in [5.41, 5.74) is 1.43. The van der Waals surface area contributed by atoms with Crippen molar-refractivity contribution in [2.24, 2.45) is 0 Å². The van der Waals surface area contributed by atoms with Gasteiger partial charge < -0.3 is 9.80 Å². The average molecular weight is 469 g/mol. The van der Waals surface area contributed by atoms with Crippen LogP contribution in [0.25, 0.3) is 0 Å². The summed E-state index contributed by atoms with van der Waals surface area (Å²) < 4.78 is 0. The fourth-order valence-corrected chi connectivity index (χ4v) is 5.31.